The molecule has 1 aliphatic rings. The summed E-state index contributed by atoms with van der Waals surface area (Å²) >= 11 is 0. The maximum atomic E-state index is 5.30. The van der Waals surface area contributed by atoms with Crippen molar-refractivity contribution in [3.05, 3.63) is 48.8 Å². The van der Waals surface area contributed by atoms with Crippen molar-refractivity contribution in [1.29, 1.82) is 0 Å². The van der Waals surface area contributed by atoms with Gasteiger partial charge < -0.3 is 14.7 Å². The van der Waals surface area contributed by atoms with Gasteiger partial charge in [-0.2, -0.15) is 4.98 Å². The molecule has 1 fully saturated rings. The van der Waals surface area contributed by atoms with Crippen LogP contribution in [0.2, 0.25) is 0 Å². The van der Waals surface area contributed by atoms with E-state index < -0.39 is 0 Å². The maximum absolute atomic E-state index is 5.30. The lowest BCUT2D eigenvalue weighted by Crippen LogP contribution is -2.48. The van der Waals surface area contributed by atoms with Crippen LogP contribution in [0, 0.1) is 0 Å². The van der Waals surface area contributed by atoms with Gasteiger partial charge in [0.25, 0.3) is 11.8 Å². The van der Waals surface area contributed by atoms with Crippen LogP contribution in [0.4, 0.5) is 11.9 Å². The molecule has 0 radical (unpaired) electrons. The molecule has 1 saturated heterocycles. The fourth-order valence-electron chi connectivity index (χ4n) is 2.95. The Morgan fingerprint density at radius 2 is 1.73 bits per heavy atom. The normalized spacial score (nSPS) is 15.2. The Morgan fingerprint density at radius 1 is 0.962 bits per heavy atom. The lowest BCUT2D eigenvalue weighted by Gasteiger charge is -2.34. The van der Waals surface area contributed by atoms with E-state index in [2.05, 4.69) is 35.2 Å². The SMILES string of the molecule is c1ccc(-c2nc(NCCN3CCN(c4ncccn4)CC3)no2)cc1. The summed E-state index contributed by atoms with van der Waals surface area (Å²) in [7, 11) is 0. The number of benzene rings is 1. The van der Waals surface area contributed by atoms with Crippen LogP contribution < -0.4 is 10.2 Å². The van der Waals surface area contributed by atoms with Crippen LogP contribution >= 0.6 is 0 Å². The average molecular weight is 351 g/mol. The van der Waals surface area contributed by atoms with Crippen molar-refractivity contribution in [2.75, 3.05) is 49.5 Å². The highest BCUT2D eigenvalue weighted by Crippen LogP contribution is 2.17. The summed E-state index contributed by atoms with van der Waals surface area (Å²) in [5.74, 6) is 1.87. The largest absolute Gasteiger partial charge is 0.350 e. The quantitative estimate of drug-likeness (QED) is 0.719. The summed E-state index contributed by atoms with van der Waals surface area (Å²) in [4.78, 5) is 17.6. The first-order valence-electron chi connectivity index (χ1n) is 8.76. The van der Waals surface area contributed by atoms with E-state index in [0.717, 1.165) is 50.8 Å². The van der Waals surface area contributed by atoms with Gasteiger partial charge in [-0.15, -0.1) is 0 Å². The van der Waals surface area contributed by atoms with Gasteiger partial charge in [0, 0.05) is 57.2 Å². The maximum Gasteiger partial charge on any atom is 0.263 e. The standard InChI is InChI=1S/C18H21N7O/c1-2-5-15(6-3-1)16-22-17(23-26-16)19-9-10-24-11-13-25(14-12-24)18-20-7-4-8-21-18/h1-8H,9-14H2,(H,19,23). The van der Waals surface area contributed by atoms with Crippen molar-refractivity contribution >= 4 is 11.9 Å². The van der Waals surface area contributed by atoms with Crippen molar-refractivity contribution < 1.29 is 4.52 Å². The third-order valence-corrected chi connectivity index (χ3v) is 4.37. The molecule has 2 aromatic heterocycles. The summed E-state index contributed by atoms with van der Waals surface area (Å²) in [6.45, 7) is 5.55. The summed E-state index contributed by atoms with van der Waals surface area (Å²) in [5.41, 5.74) is 0.923. The summed E-state index contributed by atoms with van der Waals surface area (Å²) in [6.07, 6.45) is 3.57. The van der Waals surface area contributed by atoms with E-state index in [1.807, 2.05) is 36.4 Å². The number of hydrogen-bond donors (Lipinski definition) is 1. The number of rotatable bonds is 6. The van der Waals surface area contributed by atoms with Crippen LogP contribution in [-0.2, 0) is 0 Å². The van der Waals surface area contributed by atoms with Gasteiger partial charge >= 0.3 is 0 Å². The van der Waals surface area contributed by atoms with Crippen molar-refractivity contribution in [2.24, 2.45) is 0 Å². The molecular formula is C18H21N7O. The Bertz CT molecular complexity index is 801. The molecule has 0 aliphatic carbocycles. The fraction of sp³-hybridized carbons (Fsp3) is 0.333. The third kappa shape index (κ3) is 3.97. The number of aromatic nitrogens is 4. The monoisotopic (exact) mass is 351 g/mol. The van der Waals surface area contributed by atoms with Crippen molar-refractivity contribution in [3.8, 4) is 11.5 Å². The van der Waals surface area contributed by atoms with Gasteiger partial charge in [-0.25, -0.2) is 9.97 Å². The van der Waals surface area contributed by atoms with E-state index in [1.54, 1.807) is 12.4 Å². The van der Waals surface area contributed by atoms with E-state index in [4.69, 9.17) is 4.52 Å². The van der Waals surface area contributed by atoms with E-state index >= 15 is 0 Å². The molecule has 1 N–H and O–H groups in total. The van der Waals surface area contributed by atoms with Crippen molar-refractivity contribution in [2.45, 2.75) is 0 Å². The number of nitrogens with one attached hydrogen (secondary N) is 1. The Kier molecular flexibility index (Phi) is 5.02. The highest BCUT2D eigenvalue weighted by atomic mass is 16.5. The second kappa shape index (κ2) is 7.92. The Morgan fingerprint density at radius 3 is 2.50 bits per heavy atom. The zero-order valence-corrected chi connectivity index (χ0v) is 14.5. The predicted octanol–water partition coefficient (Wildman–Crippen LogP) is 1.76. The average Bonchev–Trinajstić information content (AvgIpc) is 3.19. The predicted molar refractivity (Wildman–Crippen MR) is 98.9 cm³/mol. The molecule has 1 aromatic carbocycles. The molecule has 8 heteroatoms. The molecule has 8 nitrogen and oxygen atoms in total. The third-order valence-electron chi connectivity index (χ3n) is 4.37. The van der Waals surface area contributed by atoms with Gasteiger partial charge in [0.15, 0.2) is 0 Å². The van der Waals surface area contributed by atoms with E-state index in [0.29, 0.717) is 11.8 Å². The Hall–Kier alpha value is -3.00. The molecule has 0 spiro atoms. The smallest absolute Gasteiger partial charge is 0.263 e. The molecule has 134 valence electrons. The van der Waals surface area contributed by atoms with Gasteiger partial charge in [0.2, 0.25) is 5.95 Å². The number of nitrogens with zero attached hydrogens (tertiary/aromatic N) is 6. The number of anilines is 2. The Balaban J connectivity index is 1.22. The summed E-state index contributed by atoms with van der Waals surface area (Å²) in [6, 6.07) is 11.6. The van der Waals surface area contributed by atoms with Gasteiger partial charge in [-0.3, -0.25) is 4.90 Å². The second-order valence-corrected chi connectivity index (χ2v) is 6.09. The molecule has 26 heavy (non-hydrogen) atoms. The summed E-state index contributed by atoms with van der Waals surface area (Å²) in [5, 5.41) is 7.22. The van der Waals surface area contributed by atoms with Crippen LogP contribution in [0.5, 0.6) is 0 Å². The lowest BCUT2D eigenvalue weighted by molar-refractivity contribution is 0.266. The minimum absolute atomic E-state index is 0.528. The second-order valence-electron chi connectivity index (χ2n) is 6.09. The van der Waals surface area contributed by atoms with Crippen molar-refractivity contribution in [1.82, 2.24) is 25.0 Å². The van der Waals surface area contributed by atoms with E-state index in [1.165, 1.54) is 0 Å². The molecule has 3 aromatic rings. The first-order chi connectivity index (χ1) is 12.9. The van der Waals surface area contributed by atoms with Gasteiger partial charge in [-0.05, 0) is 23.4 Å². The first-order valence-corrected chi connectivity index (χ1v) is 8.76. The molecule has 1 aliphatic heterocycles. The molecular weight excluding hydrogens is 330 g/mol. The highest BCUT2D eigenvalue weighted by molar-refractivity contribution is 5.53. The number of piperazine rings is 1. The van der Waals surface area contributed by atoms with Crippen molar-refractivity contribution in [3.63, 3.8) is 0 Å². The minimum atomic E-state index is 0.528. The van der Waals surface area contributed by atoms with E-state index in [-0.39, 0.29) is 0 Å². The van der Waals surface area contributed by atoms with Gasteiger partial charge in [0.1, 0.15) is 0 Å². The van der Waals surface area contributed by atoms with Crippen LogP contribution in [0.3, 0.4) is 0 Å². The van der Waals surface area contributed by atoms with E-state index in [9.17, 15) is 0 Å². The number of hydrogen-bond acceptors (Lipinski definition) is 8. The molecule has 0 amide bonds. The topological polar surface area (TPSA) is 83.2 Å². The van der Waals surface area contributed by atoms with Gasteiger partial charge in [0.05, 0.1) is 0 Å². The molecule has 3 heterocycles. The molecule has 4 rings (SSSR count). The Labute approximate surface area is 151 Å². The summed E-state index contributed by atoms with van der Waals surface area (Å²) < 4.78 is 5.30. The zero-order chi connectivity index (χ0) is 17.6. The van der Waals surface area contributed by atoms with Crippen LogP contribution in [0.1, 0.15) is 0 Å². The molecule has 0 atom stereocenters. The van der Waals surface area contributed by atoms with Gasteiger partial charge in [-0.1, -0.05) is 18.2 Å². The lowest BCUT2D eigenvalue weighted by atomic mass is 10.2. The highest BCUT2D eigenvalue weighted by Gasteiger charge is 2.18. The van der Waals surface area contributed by atoms with Crippen LogP contribution in [0.25, 0.3) is 11.5 Å². The first kappa shape index (κ1) is 16.5. The molecule has 0 bridgehead atoms. The van der Waals surface area contributed by atoms with Crippen LogP contribution in [-0.4, -0.2) is 64.3 Å². The minimum Gasteiger partial charge on any atom is -0.350 e. The fourth-order valence-corrected chi connectivity index (χ4v) is 2.95. The van der Waals surface area contributed by atoms with Crippen LogP contribution in [0.15, 0.2) is 53.3 Å². The zero-order valence-electron chi connectivity index (χ0n) is 14.5. The molecule has 0 saturated carbocycles. The molecule has 0 unspecified atom stereocenters.